The quantitative estimate of drug-likeness (QED) is 0.445. The Balaban J connectivity index is 1.35. The summed E-state index contributed by atoms with van der Waals surface area (Å²) in [5.74, 6) is 1.51. The highest BCUT2D eigenvalue weighted by molar-refractivity contribution is 5.94. The Bertz CT molecular complexity index is 1420. The van der Waals surface area contributed by atoms with Crippen molar-refractivity contribution in [1.29, 1.82) is 0 Å². The number of amides is 1. The molecule has 5 rings (SSSR count). The maximum absolute atomic E-state index is 12.2. The van der Waals surface area contributed by atoms with Gasteiger partial charge in [0.1, 0.15) is 11.5 Å². The van der Waals surface area contributed by atoms with E-state index in [0.717, 1.165) is 22.4 Å². The van der Waals surface area contributed by atoms with Gasteiger partial charge in [-0.1, -0.05) is 12.1 Å². The number of carbonyl (C=O) groups excluding carboxylic acids is 1. The lowest BCUT2D eigenvalue weighted by Crippen LogP contribution is -2.22. The van der Waals surface area contributed by atoms with E-state index >= 15 is 0 Å². The van der Waals surface area contributed by atoms with E-state index in [1.807, 2.05) is 49.4 Å². The molecule has 9 nitrogen and oxygen atoms in total. The lowest BCUT2D eigenvalue weighted by atomic mass is 10.1. The fourth-order valence-corrected chi connectivity index (χ4v) is 3.90. The zero-order valence-electron chi connectivity index (χ0n) is 19.2. The van der Waals surface area contributed by atoms with Crippen molar-refractivity contribution >= 4 is 29.8 Å². The van der Waals surface area contributed by atoms with Crippen molar-refractivity contribution in [3.63, 3.8) is 0 Å². The number of aromatic nitrogens is 5. The first-order valence-electron chi connectivity index (χ1n) is 11.3. The number of rotatable bonds is 6. The minimum Gasteiger partial charge on any atom is -0.384 e. The van der Waals surface area contributed by atoms with Crippen LogP contribution >= 0.6 is 0 Å². The number of hydrogen-bond acceptors (Lipinski definition) is 8. The molecular weight excluding hydrogens is 440 g/mol. The third-order valence-electron chi connectivity index (χ3n) is 5.61. The van der Waals surface area contributed by atoms with Gasteiger partial charge >= 0.3 is 0 Å². The van der Waals surface area contributed by atoms with E-state index in [2.05, 4.69) is 30.2 Å². The van der Waals surface area contributed by atoms with E-state index in [-0.39, 0.29) is 5.91 Å². The molecule has 0 unspecified atom stereocenters. The zero-order chi connectivity index (χ0) is 24.2. The van der Waals surface area contributed by atoms with Crippen molar-refractivity contribution in [2.24, 2.45) is 0 Å². The predicted molar refractivity (Wildman–Crippen MR) is 135 cm³/mol. The summed E-state index contributed by atoms with van der Waals surface area (Å²) in [5.41, 5.74) is 11.0. The smallest absolute Gasteiger partial charge is 0.251 e. The highest BCUT2D eigenvalue weighted by Gasteiger charge is 2.23. The monoisotopic (exact) mass is 464 g/mol. The van der Waals surface area contributed by atoms with Gasteiger partial charge in [0, 0.05) is 43.8 Å². The minimum atomic E-state index is -0.0644. The SMILES string of the molecule is CCNC(=O)c1ccc2c(c1)CN(c1nccc(-c3nccc(/C=C/c4ccnc(N)c4)n3)n1)C2. The molecule has 3 N–H and O–H groups in total. The number of benzene rings is 1. The Morgan fingerprint density at radius 2 is 1.80 bits per heavy atom. The van der Waals surface area contributed by atoms with Gasteiger partial charge in [-0.3, -0.25) is 4.79 Å². The van der Waals surface area contributed by atoms with Crippen LogP contribution in [0.15, 0.2) is 61.1 Å². The van der Waals surface area contributed by atoms with E-state index in [9.17, 15) is 4.79 Å². The summed E-state index contributed by atoms with van der Waals surface area (Å²) in [5, 5.41) is 2.84. The number of fused-ring (bicyclic) bond motifs is 1. The van der Waals surface area contributed by atoms with Crippen LogP contribution in [0.2, 0.25) is 0 Å². The Hall–Kier alpha value is -4.66. The van der Waals surface area contributed by atoms with Crippen LogP contribution in [0.4, 0.5) is 11.8 Å². The average molecular weight is 465 g/mol. The molecule has 0 saturated heterocycles. The first-order chi connectivity index (χ1) is 17.1. The number of nitrogens with zero attached hydrogens (tertiary/aromatic N) is 6. The van der Waals surface area contributed by atoms with Crippen LogP contribution < -0.4 is 16.0 Å². The Kier molecular flexibility index (Phi) is 6.13. The minimum absolute atomic E-state index is 0.0644. The lowest BCUT2D eigenvalue weighted by Gasteiger charge is -2.15. The second kappa shape index (κ2) is 9.68. The average Bonchev–Trinajstić information content (AvgIpc) is 3.32. The van der Waals surface area contributed by atoms with Crippen LogP contribution in [0.5, 0.6) is 0 Å². The van der Waals surface area contributed by atoms with Gasteiger partial charge in [0.2, 0.25) is 5.95 Å². The number of carbonyl (C=O) groups is 1. The number of nitrogen functional groups attached to an aromatic ring is 1. The van der Waals surface area contributed by atoms with Gasteiger partial charge in [0.15, 0.2) is 5.82 Å². The van der Waals surface area contributed by atoms with Crippen molar-refractivity contribution in [3.8, 4) is 11.5 Å². The summed E-state index contributed by atoms with van der Waals surface area (Å²) in [6, 6.07) is 13.1. The largest absolute Gasteiger partial charge is 0.384 e. The predicted octanol–water partition coefficient (Wildman–Crippen LogP) is 3.35. The van der Waals surface area contributed by atoms with E-state index in [0.29, 0.717) is 48.5 Å². The first-order valence-corrected chi connectivity index (χ1v) is 11.3. The Labute approximate surface area is 202 Å². The summed E-state index contributed by atoms with van der Waals surface area (Å²) in [6.07, 6.45) is 8.91. The second-order valence-electron chi connectivity index (χ2n) is 8.09. The third kappa shape index (κ3) is 4.98. The standard InChI is InChI=1S/C26H24N8O/c1-2-28-25(35)18-4-5-19-15-34(16-20(19)14-18)26-31-12-9-22(33-26)24-30-11-8-21(32-24)6-3-17-7-10-29-23(27)13-17/h3-14H,2,15-16H2,1H3,(H2,27,29)(H,28,35)/b6-3+. The number of nitrogens with one attached hydrogen (secondary N) is 1. The highest BCUT2D eigenvalue weighted by Crippen LogP contribution is 2.28. The highest BCUT2D eigenvalue weighted by atomic mass is 16.1. The molecule has 1 amide bonds. The molecule has 0 atom stereocenters. The van der Waals surface area contributed by atoms with Crippen molar-refractivity contribution in [3.05, 3.63) is 89.0 Å². The molecule has 4 heterocycles. The van der Waals surface area contributed by atoms with Crippen LogP contribution in [-0.4, -0.2) is 37.4 Å². The van der Waals surface area contributed by atoms with Gasteiger partial charge in [-0.2, -0.15) is 0 Å². The zero-order valence-corrected chi connectivity index (χ0v) is 19.2. The summed E-state index contributed by atoms with van der Waals surface area (Å²) >= 11 is 0. The van der Waals surface area contributed by atoms with Crippen molar-refractivity contribution in [2.45, 2.75) is 20.0 Å². The molecule has 0 radical (unpaired) electrons. The normalized spacial score (nSPS) is 12.7. The Morgan fingerprint density at radius 1 is 0.971 bits per heavy atom. The topological polar surface area (TPSA) is 123 Å². The van der Waals surface area contributed by atoms with Crippen molar-refractivity contribution in [1.82, 2.24) is 30.2 Å². The van der Waals surface area contributed by atoms with Gasteiger partial charge in [-0.15, -0.1) is 0 Å². The summed E-state index contributed by atoms with van der Waals surface area (Å²) < 4.78 is 0. The molecule has 1 aliphatic heterocycles. The Morgan fingerprint density at radius 3 is 2.66 bits per heavy atom. The molecule has 4 aromatic rings. The molecule has 9 heteroatoms. The molecule has 0 bridgehead atoms. The van der Waals surface area contributed by atoms with Gasteiger partial charge in [0.05, 0.1) is 5.69 Å². The van der Waals surface area contributed by atoms with Crippen LogP contribution in [0.25, 0.3) is 23.7 Å². The van der Waals surface area contributed by atoms with Gasteiger partial charge in [-0.05, 0) is 66.1 Å². The summed E-state index contributed by atoms with van der Waals surface area (Å²) in [6.45, 7) is 3.81. The molecule has 174 valence electrons. The second-order valence-corrected chi connectivity index (χ2v) is 8.09. The molecule has 35 heavy (non-hydrogen) atoms. The van der Waals surface area contributed by atoms with Gasteiger partial charge < -0.3 is 16.0 Å². The van der Waals surface area contributed by atoms with Crippen molar-refractivity contribution in [2.75, 3.05) is 17.2 Å². The fraction of sp³-hybridized carbons (Fsp3) is 0.154. The third-order valence-corrected chi connectivity index (χ3v) is 5.61. The van der Waals surface area contributed by atoms with Crippen LogP contribution in [-0.2, 0) is 13.1 Å². The molecule has 0 saturated carbocycles. The molecule has 3 aromatic heterocycles. The van der Waals surface area contributed by atoms with Gasteiger partial charge in [-0.25, -0.2) is 24.9 Å². The maximum Gasteiger partial charge on any atom is 0.251 e. The molecule has 0 fully saturated rings. The number of anilines is 2. The number of pyridine rings is 1. The van der Waals surface area contributed by atoms with Gasteiger partial charge in [0.25, 0.3) is 5.91 Å². The van der Waals surface area contributed by atoms with E-state index in [1.165, 1.54) is 0 Å². The summed E-state index contributed by atoms with van der Waals surface area (Å²) in [7, 11) is 0. The molecule has 1 aliphatic rings. The molecule has 1 aromatic carbocycles. The first kappa shape index (κ1) is 22.1. The van der Waals surface area contributed by atoms with E-state index in [1.54, 1.807) is 30.7 Å². The van der Waals surface area contributed by atoms with Crippen LogP contribution in [0.1, 0.15) is 39.7 Å². The lowest BCUT2D eigenvalue weighted by molar-refractivity contribution is 0.0955. The van der Waals surface area contributed by atoms with Crippen molar-refractivity contribution < 1.29 is 4.79 Å². The maximum atomic E-state index is 12.2. The fourth-order valence-electron chi connectivity index (χ4n) is 3.90. The molecule has 0 aliphatic carbocycles. The molecular formula is C26H24N8O. The molecule has 0 spiro atoms. The van der Waals surface area contributed by atoms with Crippen LogP contribution in [0, 0.1) is 0 Å². The number of nitrogens with two attached hydrogens (primary N) is 1. The number of hydrogen-bond donors (Lipinski definition) is 2. The van der Waals surface area contributed by atoms with Crippen LogP contribution in [0.3, 0.4) is 0 Å². The summed E-state index contributed by atoms with van der Waals surface area (Å²) in [4.78, 5) is 36.5. The van der Waals surface area contributed by atoms with E-state index < -0.39 is 0 Å². The van der Waals surface area contributed by atoms with E-state index in [4.69, 9.17) is 10.7 Å².